The molecule has 0 amide bonds. The summed E-state index contributed by atoms with van der Waals surface area (Å²) in [6.07, 6.45) is 0. The van der Waals surface area contributed by atoms with Crippen molar-refractivity contribution in [2.75, 3.05) is 18.5 Å². The first-order valence-corrected chi connectivity index (χ1v) is 7.05. The minimum Gasteiger partial charge on any atom is -0.370 e. The summed E-state index contributed by atoms with van der Waals surface area (Å²) < 4.78 is 27.3. The Balaban J connectivity index is 2.22. The molecule has 21 heavy (non-hydrogen) atoms. The van der Waals surface area contributed by atoms with Crippen LogP contribution in [-0.2, 0) is 13.1 Å². The third kappa shape index (κ3) is 4.02. The Kier molecular flexibility index (Phi) is 5.28. The highest BCUT2D eigenvalue weighted by molar-refractivity contribution is 5.54. The topological polar surface area (TPSA) is 15.3 Å². The Morgan fingerprint density at radius 2 is 1.86 bits per heavy atom. The molecule has 0 radical (unpaired) electrons. The van der Waals surface area contributed by atoms with Gasteiger partial charge in [0.1, 0.15) is 11.6 Å². The van der Waals surface area contributed by atoms with Crippen LogP contribution in [0.3, 0.4) is 0 Å². The lowest BCUT2D eigenvalue weighted by molar-refractivity contribution is 0.592. The second kappa shape index (κ2) is 7.18. The molecule has 0 aliphatic rings. The highest BCUT2D eigenvalue weighted by atomic mass is 19.1. The van der Waals surface area contributed by atoms with Crippen LogP contribution in [0.4, 0.5) is 14.5 Å². The van der Waals surface area contributed by atoms with E-state index in [4.69, 9.17) is 0 Å². The molecule has 0 unspecified atom stereocenters. The van der Waals surface area contributed by atoms with Gasteiger partial charge in [-0.3, -0.25) is 0 Å². The molecule has 2 nitrogen and oxygen atoms in total. The highest BCUT2D eigenvalue weighted by Crippen LogP contribution is 2.24. The average molecular weight is 290 g/mol. The Morgan fingerprint density at radius 3 is 2.57 bits per heavy atom. The van der Waals surface area contributed by atoms with Crippen LogP contribution in [0.15, 0.2) is 42.5 Å². The third-order valence-electron chi connectivity index (χ3n) is 3.37. The number of benzene rings is 2. The zero-order valence-electron chi connectivity index (χ0n) is 12.4. The number of anilines is 1. The normalized spacial score (nSPS) is 10.7. The molecular weight excluding hydrogens is 270 g/mol. The van der Waals surface area contributed by atoms with Gasteiger partial charge in [-0.05, 0) is 36.4 Å². The first-order chi connectivity index (χ1) is 10.1. The van der Waals surface area contributed by atoms with Gasteiger partial charge in [-0.2, -0.15) is 0 Å². The Labute approximate surface area is 124 Å². The van der Waals surface area contributed by atoms with Crippen LogP contribution in [0.1, 0.15) is 18.1 Å². The second-order valence-corrected chi connectivity index (χ2v) is 5.00. The van der Waals surface area contributed by atoms with Crippen molar-refractivity contribution in [3.8, 4) is 0 Å². The lowest BCUT2D eigenvalue weighted by atomic mass is 10.1. The van der Waals surface area contributed by atoms with Crippen molar-refractivity contribution in [3.63, 3.8) is 0 Å². The maximum atomic E-state index is 14.0. The Bertz CT molecular complexity index is 599. The first-order valence-electron chi connectivity index (χ1n) is 7.05. The minimum atomic E-state index is -0.256. The van der Waals surface area contributed by atoms with Crippen molar-refractivity contribution in [3.05, 3.63) is 65.2 Å². The van der Waals surface area contributed by atoms with E-state index in [1.807, 2.05) is 31.0 Å². The molecule has 0 spiro atoms. The number of hydrogen-bond donors (Lipinski definition) is 1. The zero-order chi connectivity index (χ0) is 15.2. The number of hydrogen-bond acceptors (Lipinski definition) is 2. The summed E-state index contributed by atoms with van der Waals surface area (Å²) in [5.41, 5.74) is 2.31. The number of halogens is 2. The zero-order valence-corrected chi connectivity index (χ0v) is 12.4. The van der Waals surface area contributed by atoms with E-state index in [-0.39, 0.29) is 11.6 Å². The van der Waals surface area contributed by atoms with E-state index >= 15 is 0 Å². The lowest BCUT2D eigenvalue weighted by Crippen LogP contribution is -2.21. The maximum absolute atomic E-state index is 14.0. The van der Waals surface area contributed by atoms with Crippen molar-refractivity contribution in [1.29, 1.82) is 0 Å². The fraction of sp³-hybridized carbons (Fsp3) is 0.294. The predicted octanol–water partition coefficient (Wildman–Crippen LogP) is 3.71. The van der Waals surface area contributed by atoms with Gasteiger partial charge in [-0.15, -0.1) is 0 Å². The van der Waals surface area contributed by atoms with Gasteiger partial charge < -0.3 is 10.2 Å². The molecule has 112 valence electrons. The molecular formula is C17H20F2N2. The summed E-state index contributed by atoms with van der Waals surface area (Å²) in [6.45, 7) is 3.77. The third-order valence-corrected chi connectivity index (χ3v) is 3.37. The molecule has 2 aromatic carbocycles. The maximum Gasteiger partial charge on any atom is 0.129 e. The van der Waals surface area contributed by atoms with E-state index in [0.29, 0.717) is 18.7 Å². The van der Waals surface area contributed by atoms with Gasteiger partial charge in [0, 0.05) is 31.4 Å². The summed E-state index contributed by atoms with van der Waals surface area (Å²) in [6, 6.07) is 11.5. The van der Waals surface area contributed by atoms with Gasteiger partial charge in [-0.25, -0.2) is 8.78 Å². The molecule has 2 rings (SSSR count). The van der Waals surface area contributed by atoms with Gasteiger partial charge in [-0.1, -0.05) is 25.1 Å². The fourth-order valence-corrected chi connectivity index (χ4v) is 2.32. The van der Waals surface area contributed by atoms with Crippen molar-refractivity contribution in [2.45, 2.75) is 20.0 Å². The Hall–Kier alpha value is -1.94. The number of nitrogens with one attached hydrogen (secondary N) is 1. The quantitative estimate of drug-likeness (QED) is 0.872. The minimum absolute atomic E-state index is 0.223. The molecule has 0 aromatic heterocycles. The van der Waals surface area contributed by atoms with E-state index in [9.17, 15) is 8.78 Å². The van der Waals surface area contributed by atoms with Crippen molar-refractivity contribution >= 4 is 5.69 Å². The van der Waals surface area contributed by atoms with Gasteiger partial charge in [0.15, 0.2) is 0 Å². The summed E-state index contributed by atoms with van der Waals surface area (Å²) in [4.78, 5) is 1.94. The smallest absolute Gasteiger partial charge is 0.129 e. The van der Waals surface area contributed by atoms with E-state index in [1.54, 1.807) is 12.1 Å². The average Bonchev–Trinajstić information content (AvgIpc) is 2.45. The van der Waals surface area contributed by atoms with E-state index in [2.05, 4.69) is 5.32 Å². The van der Waals surface area contributed by atoms with Crippen LogP contribution in [0.5, 0.6) is 0 Å². The molecule has 0 heterocycles. The molecule has 0 fully saturated rings. The standard InChI is InChI=1S/C17H20F2N2/c1-3-20-11-15-16(19)8-5-9-17(15)21(2)12-13-6-4-7-14(18)10-13/h4-10,20H,3,11-12H2,1-2H3. The van der Waals surface area contributed by atoms with Crippen LogP contribution in [0, 0.1) is 11.6 Å². The predicted molar refractivity (Wildman–Crippen MR) is 82.3 cm³/mol. The monoisotopic (exact) mass is 290 g/mol. The highest BCUT2D eigenvalue weighted by Gasteiger charge is 2.12. The first kappa shape index (κ1) is 15.4. The molecule has 4 heteroatoms. The van der Waals surface area contributed by atoms with Gasteiger partial charge >= 0.3 is 0 Å². The largest absolute Gasteiger partial charge is 0.370 e. The summed E-state index contributed by atoms with van der Waals surface area (Å²) in [5.74, 6) is -0.479. The van der Waals surface area contributed by atoms with E-state index in [1.165, 1.54) is 18.2 Å². The van der Waals surface area contributed by atoms with Crippen LogP contribution in [0.25, 0.3) is 0 Å². The van der Waals surface area contributed by atoms with Gasteiger partial charge in [0.05, 0.1) is 0 Å². The fourth-order valence-electron chi connectivity index (χ4n) is 2.32. The van der Waals surface area contributed by atoms with Crippen molar-refractivity contribution < 1.29 is 8.78 Å². The molecule has 0 aliphatic carbocycles. The van der Waals surface area contributed by atoms with Gasteiger partial charge in [0.25, 0.3) is 0 Å². The molecule has 0 saturated carbocycles. The summed E-state index contributed by atoms with van der Waals surface area (Å²) in [5, 5.41) is 3.15. The van der Waals surface area contributed by atoms with Crippen LogP contribution in [-0.4, -0.2) is 13.6 Å². The summed E-state index contributed by atoms with van der Waals surface area (Å²) >= 11 is 0. The molecule has 0 bridgehead atoms. The van der Waals surface area contributed by atoms with Gasteiger partial charge in [0.2, 0.25) is 0 Å². The van der Waals surface area contributed by atoms with Crippen LogP contribution in [0.2, 0.25) is 0 Å². The molecule has 0 aliphatic heterocycles. The van der Waals surface area contributed by atoms with E-state index in [0.717, 1.165) is 17.8 Å². The summed E-state index contributed by atoms with van der Waals surface area (Å²) in [7, 11) is 1.88. The van der Waals surface area contributed by atoms with E-state index < -0.39 is 0 Å². The Morgan fingerprint density at radius 1 is 1.10 bits per heavy atom. The molecule has 0 atom stereocenters. The second-order valence-electron chi connectivity index (χ2n) is 5.00. The number of rotatable bonds is 6. The molecule has 2 aromatic rings. The van der Waals surface area contributed by atoms with Crippen molar-refractivity contribution in [2.24, 2.45) is 0 Å². The number of nitrogens with zero attached hydrogens (tertiary/aromatic N) is 1. The molecule has 1 N–H and O–H groups in total. The van der Waals surface area contributed by atoms with Crippen LogP contribution < -0.4 is 10.2 Å². The molecule has 0 saturated heterocycles. The van der Waals surface area contributed by atoms with Crippen molar-refractivity contribution in [1.82, 2.24) is 5.32 Å². The SMILES string of the molecule is CCNCc1c(F)cccc1N(C)Cc1cccc(F)c1. The van der Waals surface area contributed by atoms with Crippen LogP contribution >= 0.6 is 0 Å². The lowest BCUT2D eigenvalue weighted by Gasteiger charge is -2.23.